The molecule has 0 bridgehead atoms. The summed E-state index contributed by atoms with van der Waals surface area (Å²) in [6.07, 6.45) is 5.81. The van der Waals surface area contributed by atoms with Crippen LogP contribution in [0.2, 0.25) is 0 Å². The monoisotopic (exact) mass is 252 g/mol. The maximum absolute atomic E-state index is 12.1. The van der Waals surface area contributed by atoms with Gasteiger partial charge in [0.2, 0.25) is 0 Å². The minimum atomic E-state index is -0.753. The molecule has 100 valence electrons. The van der Waals surface area contributed by atoms with Crippen molar-refractivity contribution in [2.45, 2.75) is 44.2 Å². The van der Waals surface area contributed by atoms with Gasteiger partial charge in [-0.05, 0) is 32.1 Å². The van der Waals surface area contributed by atoms with Gasteiger partial charge < -0.3 is 15.3 Å². The van der Waals surface area contributed by atoms with Crippen molar-refractivity contribution in [1.82, 2.24) is 10.2 Å². The fourth-order valence-corrected chi connectivity index (χ4v) is 2.52. The molecule has 0 radical (unpaired) electrons. The second kappa shape index (κ2) is 5.42. The predicted octanol–water partition coefficient (Wildman–Crippen LogP) is 1.60. The van der Waals surface area contributed by atoms with Crippen molar-refractivity contribution in [2.75, 3.05) is 6.54 Å². The summed E-state index contributed by atoms with van der Waals surface area (Å²) in [6.45, 7) is 4.22. The number of aliphatic carboxylic acids is 1. The first-order chi connectivity index (χ1) is 8.61. The van der Waals surface area contributed by atoms with Crippen molar-refractivity contribution < 1.29 is 14.7 Å². The van der Waals surface area contributed by atoms with Gasteiger partial charge in [-0.15, -0.1) is 6.58 Å². The standard InChI is InChI=1S/C13H20N2O3/c1-2-7-15(11-5-6-11)13(18)14-10-4-3-9(8-10)12(16)17/h2,9-11H,1,3-8H2,(H,14,18)(H,16,17)/t9-,10+/m1/s1. The topological polar surface area (TPSA) is 69.6 Å². The lowest BCUT2D eigenvalue weighted by Gasteiger charge is -2.23. The molecule has 2 rings (SSSR count). The second-order valence-corrected chi connectivity index (χ2v) is 5.17. The first-order valence-corrected chi connectivity index (χ1v) is 6.52. The number of hydrogen-bond donors (Lipinski definition) is 2. The number of rotatable bonds is 5. The predicted molar refractivity (Wildman–Crippen MR) is 67.2 cm³/mol. The van der Waals surface area contributed by atoms with Gasteiger partial charge in [0.25, 0.3) is 0 Å². The molecule has 0 aromatic heterocycles. The summed E-state index contributed by atoms with van der Waals surface area (Å²) >= 11 is 0. The highest BCUT2D eigenvalue weighted by atomic mass is 16.4. The summed E-state index contributed by atoms with van der Waals surface area (Å²) in [7, 11) is 0. The van der Waals surface area contributed by atoms with Gasteiger partial charge >= 0.3 is 12.0 Å². The van der Waals surface area contributed by atoms with E-state index in [1.807, 2.05) is 0 Å². The smallest absolute Gasteiger partial charge is 0.318 e. The van der Waals surface area contributed by atoms with Crippen molar-refractivity contribution >= 4 is 12.0 Å². The van der Waals surface area contributed by atoms with Crippen molar-refractivity contribution in [3.05, 3.63) is 12.7 Å². The molecule has 2 saturated carbocycles. The number of carbonyl (C=O) groups excluding carboxylic acids is 1. The zero-order valence-electron chi connectivity index (χ0n) is 10.5. The summed E-state index contributed by atoms with van der Waals surface area (Å²) < 4.78 is 0. The molecule has 0 aliphatic heterocycles. The second-order valence-electron chi connectivity index (χ2n) is 5.17. The first-order valence-electron chi connectivity index (χ1n) is 6.52. The number of carboxylic acid groups (broad SMARTS) is 1. The third kappa shape index (κ3) is 3.03. The summed E-state index contributed by atoms with van der Waals surface area (Å²) in [4.78, 5) is 24.7. The molecule has 0 spiro atoms. The normalized spacial score (nSPS) is 26.7. The SMILES string of the molecule is C=CCN(C(=O)N[C@H]1CC[C@@H](C(=O)O)C1)C1CC1. The molecule has 0 aromatic carbocycles. The minimum Gasteiger partial charge on any atom is -0.481 e. The molecule has 2 fully saturated rings. The van der Waals surface area contributed by atoms with Crippen LogP contribution in [-0.4, -0.2) is 40.6 Å². The van der Waals surface area contributed by atoms with Crippen molar-refractivity contribution in [2.24, 2.45) is 5.92 Å². The maximum atomic E-state index is 12.1. The van der Waals surface area contributed by atoms with E-state index in [1.54, 1.807) is 11.0 Å². The fourth-order valence-electron chi connectivity index (χ4n) is 2.52. The summed E-state index contributed by atoms with van der Waals surface area (Å²) in [5, 5.41) is 11.9. The number of carboxylic acids is 1. The van der Waals surface area contributed by atoms with Crippen LogP contribution in [0.15, 0.2) is 12.7 Å². The number of nitrogens with zero attached hydrogens (tertiary/aromatic N) is 1. The van der Waals surface area contributed by atoms with Gasteiger partial charge in [-0.25, -0.2) is 4.79 Å². The Balaban J connectivity index is 1.83. The lowest BCUT2D eigenvalue weighted by molar-refractivity contribution is -0.141. The van der Waals surface area contributed by atoms with Crippen LogP contribution < -0.4 is 5.32 Å². The van der Waals surface area contributed by atoms with E-state index >= 15 is 0 Å². The van der Waals surface area contributed by atoms with Gasteiger partial charge in [0.15, 0.2) is 0 Å². The van der Waals surface area contributed by atoms with Crippen LogP contribution in [0.3, 0.4) is 0 Å². The summed E-state index contributed by atoms with van der Waals surface area (Å²) in [6, 6.07) is 0.276. The Labute approximate surface area is 107 Å². The molecular formula is C13H20N2O3. The van der Waals surface area contributed by atoms with E-state index in [2.05, 4.69) is 11.9 Å². The van der Waals surface area contributed by atoms with Crippen LogP contribution >= 0.6 is 0 Å². The maximum Gasteiger partial charge on any atom is 0.318 e. The van der Waals surface area contributed by atoms with E-state index in [0.717, 1.165) is 19.3 Å². The third-order valence-electron chi connectivity index (χ3n) is 3.68. The number of amides is 2. The molecule has 0 heterocycles. The molecule has 5 nitrogen and oxygen atoms in total. The zero-order chi connectivity index (χ0) is 13.1. The molecule has 0 aromatic rings. The van der Waals surface area contributed by atoms with Crippen LogP contribution in [0, 0.1) is 5.92 Å². The van der Waals surface area contributed by atoms with Crippen molar-refractivity contribution in [1.29, 1.82) is 0 Å². The number of nitrogens with one attached hydrogen (secondary N) is 1. The van der Waals surface area contributed by atoms with Crippen LogP contribution in [0.25, 0.3) is 0 Å². The third-order valence-corrected chi connectivity index (χ3v) is 3.68. The summed E-state index contributed by atoms with van der Waals surface area (Å²) in [5.41, 5.74) is 0. The largest absolute Gasteiger partial charge is 0.481 e. The van der Waals surface area contributed by atoms with E-state index in [9.17, 15) is 9.59 Å². The molecular weight excluding hydrogens is 232 g/mol. The quantitative estimate of drug-likeness (QED) is 0.730. The number of hydrogen-bond acceptors (Lipinski definition) is 2. The molecule has 18 heavy (non-hydrogen) atoms. The molecule has 0 unspecified atom stereocenters. The fraction of sp³-hybridized carbons (Fsp3) is 0.692. The molecule has 2 aliphatic rings. The first kappa shape index (κ1) is 12.9. The average Bonchev–Trinajstić information content (AvgIpc) is 3.05. The lowest BCUT2D eigenvalue weighted by atomic mass is 10.1. The van der Waals surface area contributed by atoms with Crippen LogP contribution in [0.1, 0.15) is 32.1 Å². The van der Waals surface area contributed by atoms with Gasteiger partial charge in [0.1, 0.15) is 0 Å². The lowest BCUT2D eigenvalue weighted by Crippen LogP contribution is -2.45. The zero-order valence-corrected chi connectivity index (χ0v) is 10.5. The Morgan fingerprint density at radius 2 is 2.06 bits per heavy atom. The summed E-state index contributed by atoms with van der Waals surface area (Å²) in [5.74, 6) is -1.05. The Hall–Kier alpha value is -1.52. The van der Waals surface area contributed by atoms with Gasteiger partial charge in [-0.3, -0.25) is 4.79 Å². The van der Waals surface area contributed by atoms with E-state index < -0.39 is 5.97 Å². The van der Waals surface area contributed by atoms with Gasteiger partial charge in [-0.2, -0.15) is 0 Å². The van der Waals surface area contributed by atoms with Gasteiger partial charge in [-0.1, -0.05) is 6.08 Å². The highest BCUT2D eigenvalue weighted by Gasteiger charge is 2.35. The Morgan fingerprint density at radius 1 is 1.33 bits per heavy atom. The minimum absolute atomic E-state index is 0.00432. The molecule has 2 N–H and O–H groups in total. The van der Waals surface area contributed by atoms with E-state index in [0.29, 0.717) is 25.4 Å². The van der Waals surface area contributed by atoms with Gasteiger partial charge in [0.05, 0.1) is 5.92 Å². The number of urea groups is 1. The number of carbonyl (C=O) groups is 2. The molecule has 2 amide bonds. The molecule has 0 saturated heterocycles. The average molecular weight is 252 g/mol. The Morgan fingerprint density at radius 3 is 2.56 bits per heavy atom. The molecule has 2 aliphatic carbocycles. The van der Waals surface area contributed by atoms with E-state index in [1.165, 1.54) is 0 Å². The van der Waals surface area contributed by atoms with Crippen molar-refractivity contribution in [3.8, 4) is 0 Å². The van der Waals surface area contributed by atoms with Crippen molar-refractivity contribution in [3.63, 3.8) is 0 Å². The van der Waals surface area contributed by atoms with Crippen LogP contribution in [0.4, 0.5) is 4.79 Å². The highest BCUT2D eigenvalue weighted by Crippen LogP contribution is 2.28. The molecule has 2 atom stereocenters. The molecule has 5 heteroatoms. The van der Waals surface area contributed by atoms with E-state index in [4.69, 9.17) is 5.11 Å². The van der Waals surface area contributed by atoms with Crippen LogP contribution in [-0.2, 0) is 4.79 Å². The highest BCUT2D eigenvalue weighted by molar-refractivity contribution is 5.76. The van der Waals surface area contributed by atoms with Gasteiger partial charge in [0, 0.05) is 18.6 Å². The van der Waals surface area contributed by atoms with E-state index in [-0.39, 0.29) is 18.0 Å². The van der Waals surface area contributed by atoms with Crippen LogP contribution in [0.5, 0.6) is 0 Å². The Kier molecular flexibility index (Phi) is 3.89. The Bertz CT molecular complexity index is 352.